The molecule has 3 aromatic carbocycles. The third-order valence-electron chi connectivity index (χ3n) is 6.13. The maximum Gasteiger partial charge on any atom is 0.316 e. The van der Waals surface area contributed by atoms with Crippen LogP contribution >= 0.6 is 0 Å². The van der Waals surface area contributed by atoms with Crippen molar-refractivity contribution in [3.63, 3.8) is 0 Å². The van der Waals surface area contributed by atoms with Crippen LogP contribution in [0.4, 0.5) is 5.69 Å². The highest BCUT2D eigenvalue weighted by molar-refractivity contribution is 7.61. The first-order valence-corrected chi connectivity index (χ1v) is 13.4. The second-order valence-corrected chi connectivity index (χ2v) is 9.48. The Morgan fingerprint density at radius 2 is 1.59 bits per heavy atom. The molecule has 0 unspecified atom stereocenters. The fourth-order valence-electron chi connectivity index (χ4n) is 4.13. The van der Waals surface area contributed by atoms with Gasteiger partial charge in [0.2, 0.25) is 0 Å². The predicted octanol–water partition coefficient (Wildman–Crippen LogP) is 6.56. The minimum absolute atomic E-state index is 0.113. The van der Waals surface area contributed by atoms with Crippen LogP contribution in [0.25, 0.3) is 11.1 Å². The summed E-state index contributed by atoms with van der Waals surface area (Å²) in [7, 11) is -1.04. The minimum atomic E-state index is -2.70. The van der Waals surface area contributed by atoms with Crippen LogP contribution in [0.2, 0.25) is 0 Å². The van der Waals surface area contributed by atoms with Gasteiger partial charge in [-0.3, -0.25) is 4.79 Å². The molecule has 0 aromatic heterocycles. The second-order valence-electron chi connectivity index (χ2n) is 8.87. The van der Waals surface area contributed by atoms with Crippen molar-refractivity contribution in [2.75, 3.05) is 13.7 Å². The van der Waals surface area contributed by atoms with Gasteiger partial charge in [0, 0.05) is 17.5 Å². The van der Waals surface area contributed by atoms with Crippen molar-refractivity contribution in [2.45, 2.75) is 51.9 Å². The van der Waals surface area contributed by atoms with Crippen molar-refractivity contribution in [3.05, 3.63) is 77.4 Å². The van der Waals surface area contributed by atoms with Gasteiger partial charge in [0.25, 0.3) is 0 Å². The first-order chi connectivity index (χ1) is 17.9. The summed E-state index contributed by atoms with van der Waals surface area (Å²) in [4.78, 5) is 11.3. The van der Waals surface area contributed by atoms with E-state index in [1.54, 1.807) is 19.2 Å². The number of carboxylic acids is 1. The maximum atomic E-state index is 11.6. The number of carbonyl (C=O) groups is 1. The lowest BCUT2D eigenvalue weighted by Gasteiger charge is -2.16. The molecule has 37 heavy (non-hydrogen) atoms. The molecule has 0 fully saturated rings. The van der Waals surface area contributed by atoms with Crippen molar-refractivity contribution in [1.82, 2.24) is 0 Å². The molecular formula is C29H33NO6S. The Morgan fingerprint density at radius 3 is 2.24 bits per heavy atom. The van der Waals surface area contributed by atoms with E-state index in [2.05, 4.69) is 16.5 Å². The van der Waals surface area contributed by atoms with Crippen molar-refractivity contribution in [1.29, 1.82) is 0 Å². The lowest BCUT2D eigenvalue weighted by molar-refractivity contribution is -0.136. The molecule has 0 heterocycles. The number of ether oxygens (including phenoxy) is 2. The molecule has 0 saturated carbocycles. The molecule has 0 bridgehead atoms. The van der Waals surface area contributed by atoms with Crippen molar-refractivity contribution < 1.29 is 27.8 Å². The highest BCUT2D eigenvalue weighted by Crippen LogP contribution is 2.39. The largest absolute Gasteiger partial charge is 0.497 e. The first kappa shape index (κ1) is 27.9. The molecule has 0 saturated heterocycles. The molecular weight excluding hydrogens is 490 g/mol. The number of rotatable bonds is 14. The van der Waals surface area contributed by atoms with Gasteiger partial charge in [-0.1, -0.05) is 54.8 Å². The molecule has 8 heteroatoms. The van der Waals surface area contributed by atoms with E-state index in [0.29, 0.717) is 23.5 Å². The highest BCUT2D eigenvalue weighted by atomic mass is 32.2. The van der Waals surface area contributed by atoms with Gasteiger partial charge in [0.05, 0.1) is 19.4 Å². The molecule has 0 amide bonds. The van der Waals surface area contributed by atoms with Crippen LogP contribution in [0.3, 0.4) is 0 Å². The van der Waals surface area contributed by atoms with Crippen LogP contribution < -0.4 is 9.47 Å². The van der Waals surface area contributed by atoms with E-state index in [1.165, 1.54) is 5.56 Å². The topological polar surface area (TPSA) is 102 Å². The van der Waals surface area contributed by atoms with Gasteiger partial charge in [-0.25, -0.2) is 0 Å². The zero-order valence-electron chi connectivity index (χ0n) is 21.3. The standard InChI is InChI=1S/C29H33NO6S/c1-21-8-12-23(13-9-21)25-16-18-27(26(17-19-28(31)32)29(25)30-37(33)34)36-20-6-4-3-5-7-22-10-14-24(35-2)15-11-22/h8-16,18H,3-7,17,19-20H2,1-2H3,(H,31,32). The van der Waals surface area contributed by atoms with Crippen molar-refractivity contribution in [3.8, 4) is 22.6 Å². The molecule has 7 nitrogen and oxygen atoms in total. The van der Waals surface area contributed by atoms with E-state index in [0.717, 1.165) is 49.0 Å². The first-order valence-electron chi connectivity index (χ1n) is 12.4. The number of carboxylic acid groups (broad SMARTS) is 1. The summed E-state index contributed by atoms with van der Waals surface area (Å²) in [6.45, 7) is 2.42. The molecule has 0 aliphatic rings. The molecule has 0 atom stereocenters. The number of methoxy groups -OCH3 is 1. The number of hydrogen-bond donors (Lipinski definition) is 1. The number of aryl methyl sites for hydroxylation is 2. The Balaban J connectivity index is 1.67. The average Bonchev–Trinajstić information content (AvgIpc) is 2.88. The third-order valence-corrected chi connectivity index (χ3v) is 6.47. The third kappa shape index (κ3) is 8.75. The van der Waals surface area contributed by atoms with Crippen LogP contribution in [0.1, 0.15) is 48.8 Å². The molecule has 3 rings (SSSR count). The molecule has 1 N–H and O–H groups in total. The Labute approximate surface area is 219 Å². The summed E-state index contributed by atoms with van der Waals surface area (Å²) in [5.41, 5.74) is 4.50. The van der Waals surface area contributed by atoms with Crippen LogP contribution in [0.15, 0.2) is 65.0 Å². The summed E-state index contributed by atoms with van der Waals surface area (Å²) in [6, 6.07) is 19.3. The van der Waals surface area contributed by atoms with E-state index < -0.39 is 16.5 Å². The normalized spacial score (nSPS) is 10.6. The Hall–Kier alpha value is -3.65. The Morgan fingerprint density at radius 1 is 0.892 bits per heavy atom. The lowest BCUT2D eigenvalue weighted by Crippen LogP contribution is -2.04. The number of benzene rings is 3. The Bertz CT molecular complexity index is 1310. The highest BCUT2D eigenvalue weighted by Gasteiger charge is 2.17. The summed E-state index contributed by atoms with van der Waals surface area (Å²) in [5, 5.41) is 9.26. The molecule has 3 aromatic rings. The van der Waals surface area contributed by atoms with Gasteiger partial charge in [-0.2, -0.15) is 8.42 Å². The Kier molecular flexibility index (Phi) is 10.7. The van der Waals surface area contributed by atoms with E-state index in [1.807, 2.05) is 43.3 Å². The van der Waals surface area contributed by atoms with Crippen LogP contribution in [0.5, 0.6) is 11.5 Å². The minimum Gasteiger partial charge on any atom is -0.497 e. The fraction of sp³-hybridized carbons (Fsp3) is 0.345. The molecule has 0 aliphatic heterocycles. The van der Waals surface area contributed by atoms with E-state index >= 15 is 0 Å². The number of nitrogens with zero attached hydrogens (tertiary/aromatic N) is 1. The number of aliphatic carboxylic acids is 1. The SMILES string of the molecule is COc1ccc(CCCCCCOc2ccc(-c3ccc(C)cc3)c(N=S(=O)=O)c2CCC(=O)O)cc1. The van der Waals surface area contributed by atoms with Crippen molar-refractivity contribution in [2.24, 2.45) is 4.36 Å². The van der Waals surface area contributed by atoms with Crippen LogP contribution in [0, 0.1) is 6.92 Å². The molecule has 196 valence electrons. The van der Waals surface area contributed by atoms with Gasteiger partial charge in [-0.05, 0) is 68.0 Å². The summed E-state index contributed by atoms with van der Waals surface area (Å²) < 4.78 is 38.2. The monoisotopic (exact) mass is 523 g/mol. The number of hydrogen-bond acceptors (Lipinski definition) is 6. The lowest BCUT2D eigenvalue weighted by atomic mass is 9.96. The van der Waals surface area contributed by atoms with Crippen LogP contribution in [-0.2, 0) is 28.1 Å². The number of unbranched alkanes of at least 4 members (excludes halogenated alkanes) is 3. The quantitative estimate of drug-likeness (QED) is 0.240. The van der Waals surface area contributed by atoms with Gasteiger partial charge in [-0.15, -0.1) is 4.36 Å². The molecule has 0 radical (unpaired) electrons. The van der Waals surface area contributed by atoms with Gasteiger partial charge in [0.1, 0.15) is 11.5 Å². The van der Waals surface area contributed by atoms with Gasteiger partial charge in [0.15, 0.2) is 0 Å². The predicted molar refractivity (Wildman–Crippen MR) is 144 cm³/mol. The summed E-state index contributed by atoms with van der Waals surface area (Å²) >= 11 is 0. The zero-order valence-corrected chi connectivity index (χ0v) is 22.1. The van der Waals surface area contributed by atoms with E-state index in [4.69, 9.17) is 9.47 Å². The summed E-state index contributed by atoms with van der Waals surface area (Å²) in [6.07, 6.45) is 4.91. The summed E-state index contributed by atoms with van der Waals surface area (Å²) in [5.74, 6) is 0.352. The van der Waals surface area contributed by atoms with Gasteiger partial charge < -0.3 is 14.6 Å². The zero-order chi connectivity index (χ0) is 26.6. The molecule has 0 aliphatic carbocycles. The van der Waals surface area contributed by atoms with Crippen molar-refractivity contribution >= 4 is 22.2 Å². The van der Waals surface area contributed by atoms with E-state index in [9.17, 15) is 18.3 Å². The molecule has 0 spiro atoms. The average molecular weight is 524 g/mol. The smallest absolute Gasteiger partial charge is 0.316 e. The maximum absolute atomic E-state index is 11.6. The van der Waals surface area contributed by atoms with Gasteiger partial charge >= 0.3 is 16.5 Å². The van der Waals surface area contributed by atoms with Crippen LogP contribution in [-0.4, -0.2) is 33.2 Å². The van der Waals surface area contributed by atoms with E-state index in [-0.39, 0.29) is 18.5 Å². The second kappa shape index (κ2) is 14.2. The fourth-order valence-corrected chi connectivity index (χ4v) is 4.49.